The third-order valence-electron chi connectivity index (χ3n) is 6.75. The Morgan fingerprint density at radius 2 is 1.61 bits per heavy atom. The van der Waals surface area contributed by atoms with Crippen molar-refractivity contribution in [3.63, 3.8) is 0 Å². The van der Waals surface area contributed by atoms with Crippen LogP contribution in [0.5, 0.6) is 11.5 Å². The highest BCUT2D eigenvalue weighted by Crippen LogP contribution is 2.21. The molecule has 3 rings (SSSR count). The molecule has 202 valence electrons. The number of esters is 1. The van der Waals surface area contributed by atoms with Gasteiger partial charge < -0.3 is 9.47 Å². The molecule has 1 atom stereocenters. The summed E-state index contributed by atoms with van der Waals surface area (Å²) in [4.78, 5) is 21.6. The zero-order valence-corrected chi connectivity index (χ0v) is 23.2. The van der Waals surface area contributed by atoms with Crippen molar-refractivity contribution in [2.24, 2.45) is 5.92 Å². The molecule has 0 fully saturated rings. The minimum Gasteiger partial charge on any atom is -0.494 e. The Morgan fingerprint density at radius 3 is 2.29 bits per heavy atom. The highest BCUT2D eigenvalue weighted by atomic mass is 16.5. The number of benzene rings is 2. The predicted molar refractivity (Wildman–Crippen MR) is 155 cm³/mol. The van der Waals surface area contributed by atoms with Gasteiger partial charge in [0.1, 0.15) is 11.5 Å². The Labute approximate surface area is 228 Å². The topological polar surface area (TPSA) is 61.3 Å². The number of nitrogens with zero attached hydrogens (tertiary/aromatic N) is 2. The Balaban J connectivity index is 1.43. The van der Waals surface area contributed by atoms with Crippen molar-refractivity contribution in [1.29, 1.82) is 0 Å². The third kappa shape index (κ3) is 10.1. The van der Waals surface area contributed by atoms with E-state index in [0.717, 1.165) is 42.9 Å². The zero-order valence-electron chi connectivity index (χ0n) is 23.2. The smallest absolute Gasteiger partial charge is 0.343 e. The summed E-state index contributed by atoms with van der Waals surface area (Å²) in [6.07, 6.45) is 18.6. The summed E-state index contributed by atoms with van der Waals surface area (Å²) < 4.78 is 11.3. The predicted octanol–water partition coefficient (Wildman–Crippen LogP) is 8.64. The molecule has 2 aromatic carbocycles. The molecule has 0 spiro atoms. The van der Waals surface area contributed by atoms with Crippen LogP contribution < -0.4 is 9.47 Å². The Hall–Kier alpha value is -3.47. The van der Waals surface area contributed by atoms with E-state index in [1.165, 1.54) is 37.7 Å². The van der Waals surface area contributed by atoms with E-state index in [1.807, 2.05) is 31.5 Å². The molecule has 0 aliphatic rings. The molecule has 5 heteroatoms. The Kier molecular flexibility index (Phi) is 12.5. The fourth-order valence-electron chi connectivity index (χ4n) is 4.08. The second-order valence-electron chi connectivity index (χ2n) is 9.88. The van der Waals surface area contributed by atoms with E-state index in [2.05, 4.69) is 36.0 Å². The number of hydrogen-bond donors (Lipinski definition) is 0. The molecule has 0 radical (unpaired) electrons. The molecule has 1 aromatic heterocycles. The minimum absolute atomic E-state index is 0.402. The largest absolute Gasteiger partial charge is 0.494 e. The lowest BCUT2D eigenvalue weighted by molar-refractivity contribution is 0.0734. The summed E-state index contributed by atoms with van der Waals surface area (Å²) in [5.74, 6) is 2.33. The second kappa shape index (κ2) is 16.4. The summed E-state index contributed by atoms with van der Waals surface area (Å²) in [7, 11) is 0. The van der Waals surface area contributed by atoms with Crippen molar-refractivity contribution in [3.8, 4) is 22.9 Å². The quantitative estimate of drug-likeness (QED) is 0.0828. The fraction of sp³-hybridized carbons (Fsp3) is 0.424. The molecule has 0 saturated heterocycles. The van der Waals surface area contributed by atoms with Gasteiger partial charge in [-0.3, -0.25) is 0 Å². The van der Waals surface area contributed by atoms with Crippen LogP contribution in [0.2, 0.25) is 0 Å². The number of aromatic nitrogens is 2. The number of ether oxygens (including phenoxy) is 2. The number of aryl methyl sites for hydroxylation is 1. The molecule has 38 heavy (non-hydrogen) atoms. The maximum atomic E-state index is 12.6. The number of carbonyl (C=O) groups excluding carboxylic acids is 1. The van der Waals surface area contributed by atoms with Crippen molar-refractivity contribution in [3.05, 3.63) is 84.2 Å². The highest BCUT2D eigenvalue weighted by Gasteiger charge is 2.10. The van der Waals surface area contributed by atoms with Gasteiger partial charge in [0, 0.05) is 18.0 Å². The van der Waals surface area contributed by atoms with Crippen LogP contribution in [0.1, 0.15) is 88.1 Å². The number of allylic oxidation sites excluding steroid dienone is 2. The summed E-state index contributed by atoms with van der Waals surface area (Å²) in [5.41, 5.74) is 2.54. The minimum atomic E-state index is -0.402. The second-order valence-corrected chi connectivity index (χ2v) is 9.88. The summed E-state index contributed by atoms with van der Waals surface area (Å²) in [6, 6.07) is 14.4. The molecule has 0 bridgehead atoms. The monoisotopic (exact) mass is 514 g/mol. The molecule has 0 amide bonds. The van der Waals surface area contributed by atoms with Crippen LogP contribution in [0.25, 0.3) is 11.4 Å². The van der Waals surface area contributed by atoms with E-state index < -0.39 is 5.97 Å². The van der Waals surface area contributed by atoms with Crippen LogP contribution in [-0.4, -0.2) is 22.5 Å². The van der Waals surface area contributed by atoms with Crippen LogP contribution in [0.3, 0.4) is 0 Å². The van der Waals surface area contributed by atoms with E-state index in [-0.39, 0.29) is 0 Å². The van der Waals surface area contributed by atoms with Crippen LogP contribution in [0.15, 0.2) is 73.1 Å². The van der Waals surface area contributed by atoms with Crippen LogP contribution in [-0.2, 0) is 6.42 Å². The van der Waals surface area contributed by atoms with Gasteiger partial charge in [0.25, 0.3) is 0 Å². The summed E-state index contributed by atoms with van der Waals surface area (Å²) >= 11 is 0. The average molecular weight is 515 g/mol. The van der Waals surface area contributed by atoms with Crippen molar-refractivity contribution < 1.29 is 14.3 Å². The van der Waals surface area contributed by atoms with Gasteiger partial charge in [0.15, 0.2) is 5.82 Å². The van der Waals surface area contributed by atoms with E-state index in [4.69, 9.17) is 9.47 Å². The van der Waals surface area contributed by atoms with Gasteiger partial charge >= 0.3 is 5.97 Å². The fourth-order valence-corrected chi connectivity index (χ4v) is 4.08. The SMILES string of the molecule is C/C=C\CCCCOc1ccc(C(=O)Oc2ccc(-c3ncc(CCCCC[C@@H](C)CC)cn3)cc2)cc1. The average Bonchev–Trinajstić information content (AvgIpc) is 2.95. The molecule has 0 aliphatic heterocycles. The van der Waals surface area contributed by atoms with Crippen molar-refractivity contribution in [1.82, 2.24) is 9.97 Å². The van der Waals surface area contributed by atoms with Gasteiger partial charge in [0.05, 0.1) is 12.2 Å². The number of hydrogen-bond acceptors (Lipinski definition) is 5. The first-order valence-corrected chi connectivity index (χ1v) is 14.1. The van der Waals surface area contributed by atoms with Gasteiger partial charge in [-0.25, -0.2) is 14.8 Å². The molecule has 0 unspecified atom stereocenters. The highest BCUT2D eigenvalue weighted by molar-refractivity contribution is 5.91. The number of unbranched alkanes of at least 4 members (excludes halogenated alkanes) is 4. The van der Waals surface area contributed by atoms with Crippen LogP contribution >= 0.6 is 0 Å². The first-order valence-electron chi connectivity index (χ1n) is 14.1. The molecule has 5 nitrogen and oxygen atoms in total. The zero-order chi connectivity index (χ0) is 27.0. The van der Waals surface area contributed by atoms with Gasteiger partial charge in [-0.1, -0.05) is 51.7 Å². The molecule has 0 saturated carbocycles. The maximum absolute atomic E-state index is 12.6. The lowest BCUT2D eigenvalue weighted by atomic mass is 10.00. The van der Waals surface area contributed by atoms with Crippen molar-refractivity contribution in [2.75, 3.05) is 6.61 Å². The van der Waals surface area contributed by atoms with Gasteiger partial charge in [-0.05, 0) is 99.0 Å². The van der Waals surface area contributed by atoms with E-state index in [0.29, 0.717) is 23.7 Å². The molecule has 0 N–H and O–H groups in total. The summed E-state index contributed by atoms with van der Waals surface area (Å²) in [6.45, 7) is 7.28. The third-order valence-corrected chi connectivity index (χ3v) is 6.75. The number of carbonyl (C=O) groups is 1. The molecular weight excluding hydrogens is 472 g/mol. The lowest BCUT2D eigenvalue weighted by Gasteiger charge is -2.08. The molecule has 3 aromatic rings. The summed E-state index contributed by atoms with van der Waals surface area (Å²) in [5, 5.41) is 0. The maximum Gasteiger partial charge on any atom is 0.343 e. The van der Waals surface area contributed by atoms with E-state index in [1.54, 1.807) is 36.4 Å². The number of rotatable bonds is 16. The van der Waals surface area contributed by atoms with Gasteiger partial charge in [-0.15, -0.1) is 0 Å². The molecular formula is C33H42N2O3. The normalized spacial score (nSPS) is 12.0. The van der Waals surface area contributed by atoms with Gasteiger partial charge in [0.2, 0.25) is 0 Å². The van der Waals surface area contributed by atoms with Gasteiger partial charge in [-0.2, -0.15) is 0 Å². The standard InChI is InChI=1S/C33H42N2O3/c1-4-6-7-8-12-23-37-30-19-17-29(18-20-30)33(36)38-31-21-15-28(16-22-31)32-34-24-27(25-35-32)14-11-9-10-13-26(3)5-2/h4,6,15-22,24-26H,5,7-14,23H2,1-3H3/b6-4-/t26-/m0/s1. The van der Waals surface area contributed by atoms with Crippen molar-refractivity contribution in [2.45, 2.75) is 78.6 Å². The Bertz CT molecular complexity index is 1110. The first-order chi connectivity index (χ1) is 18.6. The Morgan fingerprint density at radius 1 is 0.895 bits per heavy atom. The van der Waals surface area contributed by atoms with Crippen LogP contribution in [0, 0.1) is 5.92 Å². The lowest BCUT2D eigenvalue weighted by Crippen LogP contribution is -2.08. The molecule has 0 aliphatic carbocycles. The van der Waals surface area contributed by atoms with E-state index >= 15 is 0 Å². The molecule has 1 heterocycles. The van der Waals surface area contributed by atoms with Crippen molar-refractivity contribution >= 4 is 5.97 Å². The van der Waals surface area contributed by atoms with Crippen LogP contribution in [0.4, 0.5) is 0 Å². The first kappa shape index (κ1) is 29.1. The van der Waals surface area contributed by atoms with E-state index in [9.17, 15) is 4.79 Å².